The van der Waals surface area contributed by atoms with Crippen molar-refractivity contribution in [3.63, 3.8) is 0 Å². The lowest BCUT2D eigenvalue weighted by Gasteiger charge is -2.12. The van der Waals surface area contributed by atoms with Crippen LogP contribution >= 0.6 is 0 Å². The summed E-state index contributed by atoms with van der Waals surface area (Å²) in [4.78, 5) is 4.59. The van der Waals surface area contributed by atoms with E-state index in [1.54, 1.807) is 39.5 Å². The Bertz CT molecular complexity index is 1030. The van der Waals surface area contributed by atoms with Crippen molar-refractivity contribution in [3.05, 3.63) is 47.8 Å². The Labute approximate surface area is 151 Å². The number of benzene rings is 2. The van der Waals surface area contributed by atoms with E-state index < -0.39 is 0 Å². The molecule has 0 saturated heterocycles. The fourth-order valence-corrected chi connectivity index (χ4v) is 2.85. The second kappa shape index (κ2) is 7.19. The van der Waals surface area contributed by atoms with Crippen LogP contribution in [0.2, 0.25) is 0 Å². The van der Waals surface area contributed by atoms with Gasteiger partial charge in [-0.3, -0.25) is 0 Å². The Balaban J connectivity index is 2.17. The predicted octanol–water partition coefficient (Wildman–Crippen LogP) is 3.66. The summed E-state index contributed by atoms with van der Waals surface area (Å²) in [7, 11) is 6.59. The number of allylic oxidation sites excluding steroid dienone is 1. The molecule has 0 atom stereocenters. The molecule has 0 aliphatic rings. The van der Waals surface area contributed by atoms with Crippen molar-refractivity contribution in [2.45, 2.75) is 0 Å². The van der Waals surface area contributed by atoms with Gasteiger partial charge in [-0.15, -0.1) is 0 Å². The molecule has 0 bridgehead atoms. The average molecular weight is 349 g/mol. The fourth-order valence-electron chi connectivity index (χ4n) is 2.85. The van der Waals surface area contributed by atoms with Crippen LogP contribution in [0.4, 0.5) is 0 Å². The minimum atomic E-state index is 0.425. The van der Waals surface area contributed by atoms with Crippen LogP contribution in [0.5, 0.6) is 17.2 Å². The Kier molecular flexibility index (Phi) is 4.81. The highest BCUT2D eigenvalue weighted by Gasteiger charge is 2.15. The van der Waals surface area contributed by atoms with E-state index in [0.717, 1.165) is 11.0 Å². The summed E-state index contributed by atoms with van der Waals surface area (Å²) in [6.07, 6.45) is 1.74. The molecule has 3 aromatic rings. The van der Waals surface area contributed by atoms with Crippen molar-refractivity contribution >= 4 is 22.7 Å². The molecule has 6 nitrogen and oxygen atoms in total. The number of hydrogen-bond acceptors (Lipinski definition) is 5. The summed E-state index contributed by atoms with van der Waals surface area (Å²) in [6, 6.07) is 13.5. The maximum Gasteiger partial charge on any atom is 0.164 e. The Morgan fingerprint density at radius 3 is 2.31 bits per heavy atom. The van der Waals surface area contributed by atoms with Crippen LogP contribution in [0.3, 0.4) is 0 Å². The molecule has 0 amide bonds. The van der Waals surface area contributed by atoms with Crippen LogP contribution in [-0.4, -0.2) is 30.9 Å². The predicted molar refractivity (Wildman–Crippen MR) is 100 cm³/mol. The number of nitrogens with zero attached hydrogens (tertiary/aromatic N) is 3. The Morgan fingerprint density at radius 1 is 1.04 bits per heavy atom. The number of nitriles is 1. The molecule has 1 heterocycles. The van der Waals surface area contributed by atoms with E-state index >= 15 is 0 Å². The van der Waals surface area contributed by atoms with Crippen molar-refractivity contribution in [3.8, 4) is 23.3 Å². The number of imidazole rings is 1. The van der Waals surface area contributed by atoms with Gasteiger partial charge in [0.05, 0.1) is 37.9 Å². The highest BCUT2D eigenvalue weighted by Crippen LogP contribution is 2.36. The largest absolute Gasteiger partial charge is 0.496 e. The number of methoxy groups -OCH3 is 3. The van der Waals surface area contributed by atoms with Gasteiger partial charge in [-0.25, -0.2) is 4.98 Å². The molecule has 1 aromatic heterocycles. The minimum Gasteiger partial charge on any atom is -0.496 e. The van der Waals surface area contributed by atoms with Crippen LogP contribution in [0.1, 0.15) is 11.4 Å². The summed E-state index contributed by atoms with van der Waals surface area (Å²) in [6.45, 7) is 0. The highest BCUT2D eigenvalue weighted by molar-refractivity contribution is 5.92. The van der Waals surface area contributed by atoms with Gasteiger partial charge in [-0.05, 0) is 24.3 Å². The van der Waals surface area contributed by atoms with Gasteiger partial charge in [0.15, 0.2) is 17.3 Å². The quantitative estimate of drug-likeness (QED) is 0.658. The minimum absolute atomic E-state index is 0.425. The van der Waals surface area contributed by atoms with Crippen LogP contribution in [-0.2, 0) is 7.05 Å². The topological polar surface area (TPSA) is 69.3 Å². The first-order valence-corrected chi connectivity index (χ1v) is 7.96. The summed E-state index contributed by atoms with van der Waals surface area (Å²) < 4.78 is 18.0. The molecule has 0 radical (unpaired) electrons. The van der Waals surface area contributed by atoms with E-state index in [1.807, 2.05) is 35.9 Å². The van der Waals surface area contributed by atoms with E-state index in [1.165, 1.54) is 0 Å². The number of para-hydroxylation sites is 2. The van der Waals surface area contributed by atoms with E-state index in [-0.39, 0.29) is 0 Å². The normalized spacial score (nSPS) is 11.3. The lowest BCUT2D eigenvalue weighted by Crippen LogP contribution is -1.97. The molecule has 0 saturated carbocycles. The molecule has 132 valence electrons. The third kappa shape index (κ3) is 2.95. The lowest BCUT2D eigenvalue weighted by molar-refractivity contribution is 0.348. The van der Waals surface area contributed by atoms with Crippen molar-refractivity contribution in [2.75, 3.05) is 21.3 Å². The standard InChI is InChI=1S/C20H19N3O3/c1-23-16-8-6-5-7-15(16)22-20(23)14(12-21)9-13-10-18(25-3)19(26-4)11-17(13)24-2/h5-11H,1-4H3/b14-9-. The molecule has 0 aliphatic carbocycles. The molecule has 0 spiro atoms. The number of ether oxygens (including phenoxy) is 3. The molecule has 0 unspecified atom stereocenters. The van der Waals surface area contributed by atoms with Gasteiger partial charge in [0.2, 0.25) is 0 Å². The van der Waals surface area contributed by atoms with Gasteiger partial charge >= 0.3 is 0 Å². The van der Waals surface area contributed by atoms with Crippen LogP contribution < -0.4 is 14.2 Å². The number of rotatable bonds is 5. The fraction of sp³-hybridized carbons (Fsp3) is 0.200. The zero-order valence-corrected chi connectivity index (χ0v) is 15.1. The van der Waals surface area contributed by atoms with Crippen LogP contribution in [0.15, 0.2) is 36.4 Å². The third-order valence-electron chi connectivity index (χ3n) is 4.18. The van der Waals surface area contributed by atoms with Gasteiger partial charge in [0.25, 0.3) is 0 Å². The zero-order chi connectivity index (χ0) is 18.7. The van der Waals surface area contributed by atoms with Gasteiger partial charge < -0.3 is 18.8 Å². The summed E-state index contributed by atoms with van der Waals surface area (Å²) in [5.41, 5.74) is 2.93. The summed E-state index contributed by atoms with van der Waals surface area (Å²) in [5, 5.41) is 9.71. The molecular formula is C20H19N3O3. The Morgan fingerprint density at radius 2 is 1.69 bits per heavy atom. The SMILES string of the molecule is COc1cc(OC)c(OC)cc1/C=C(/C#N)c1nc2ccccc2n1C. The summed E-state index contributed by atoms with van der Waals surface area (Å²) in [5.74, 6) is 2.28. The maximum absolute atomic E-state index is 9.71. The first-order valence-electron chi connectivity index (χ1n) is 7.96. The highest BCUT2D eigenvalue weighted by atomic mass is 16.5. The molecule has 0 aliphatic heterocycles. The van der Waals surface area contributed by atoms with Crippen LogP contribution in [0.25, 0.3) is 22.7 Å². The smallest absolute Gasteiger partial charge is 0.164 e. The molecule has 6 heteroatoms. The van der Waals surface area contributed by atoms with Gasteiger partial charge in [-0.1, -0.05) is 12.1 Å². The lowest BCUT2D eigenvalue weighted by atomic mass is 10.1. The van der Waals surface area contributed by atoms with Crippen molar-refractivity contribution in [1.29, 1.82) is 5.26 Å². The van der Waals surface area contributed by atoms with Gasteiger partial charge in [0.1, 0.15) is 11.8 Å². The first-order chi connectivity index (χ1) is 12.6. The third-order valence-corrected chi connectivity index (χ3v) is 4.18. The molecule has 3 rings (SSSR count). The Hall–Kier alpha value is -3.46. The monoisotopic (exact) mass is 349 g/mol. The summed E-state index contributed by atoms with van der Waals surface area (Å²) >= 11 is 0. The zero-order valence-electron chi connectivity index (χ0n) is 15.1. The molecule has 0 N–H and O–H groups in total. The second-order valence-corrected chi connectivity index (χ2v) is 5.60. The average Bonchev–Trinajstić information content (AvgIpc) is 3.02. The number of aryl methyl sites for hydroxylation is 1. The maximum atomic E-state index is 9.71. The molecule has 2 aromatic carbocycles. The number of hydrogen-bond donors (Lipinski definition) is 0. The van der Waals surface area contributed by atoms with E-state index in [9.17, 15) is 5.26 Å². The molecule has 0 fully saturated rings. The van der Waals surface area contributed by atoms with Crippen molar-refractivity contribution < 1.29 is 14.2 Å². The number of fused-ring (bicyclic) bond motifs is 1. The van der Waals surface area contributed by atoms with E-state index in [2.05, 4.69) is 11.1 Å². The van der Waals surface area contributed by atoms with Gasteiger partial charge in [-0.2, -0.15) is 5.26 Å². The van der Waals surface area contributed by atoms with E-state index in [4.69, 9.17) is 14.2 Å². The first kappa shape index (κ1) is 17.4. The van der Waals surface area contributed by atoms with Crippen molar-refractivity contribution in [1.82, 2.24) is 9.55 Å². The van der Waals surface area contributed by atoms with Crippen LogP contribution in [0, 0.1) is 11.3 Å². The van der Waals surface area contributed by atoms with E-state index in [0.29, 0.717) is 34.2 Å². The van der Waals surface area contributed by atoms with Gasteiger partial charge in [0, 0.05) is 18.7 Å². The second-order valence-electron chi connectivity index (χ2n) is 5.60. The van der Waals surface area contributed by atoms with Crippen molar-refractivity contribution in [2.24, 2.45) is 7.05 Å². The molecule has 26 heavy (non-hydrogen) atoms. The molecular weight excluding hydrogens is 330 g/mol. The number of aromatic nitrogens is 2.